The number of fused-ring (bicyclic) bond motifs is 2. The van der Waals surface area contributed by atoms with Gasteiger partial charge >= 0.3 is 0 Å². The Morgan fingerprint density at radius 3 is 2.64 bits per heavy atom. The van der Waals surface area contributed by atoms with Crippen molar-refractivity contribution in [2.75, 3.05) is 24.3 Å². The predicted octanol–water partition coefficient (Wildman–Crippen LogP) is 3.98. The number of rotatable bonds is 6. The third kappa shape index (κ3) is 4.82. The molecule has 1 aromatic carbocycles. The Hall–Kier alpha value is -3.09. The molecule has 0 saturated heterocycles. The van der Waals surface area contributed by atoms with E-state index in [2.05, 4.69) is 40.7 Å². The SMILES string of the molecule is CN(C)c1nc(N[C@H]2CC[C@@H](NC(=O)Cc3c[nH]c4ccccc34)CC2)nc2c1CCCC2. The van der Waals surface area contributed by atoms with E-state index in [9.17, 15) is 4.79 Å². The number of amides is 1. The molecule has 1 saturated carbocycles. The number of aromatic nitrogens is 3. The van der Waals surface area contributed by atoms with Crippen molar-refractivity contribution < 1.29 is 4.79 Å². The summed E-state index contributed by atoms with van der Waals surface area (Å²) < 4.78 is 0. The number of para-hydroxylation sites is 1. The van der Waals surface area contributed by atoms with Crippen LogP contribution in [0.2, 0.25) is 0 Å². The van der Waals surface area contributed by atoms with Gasteiger partial charge < -0.3 is 20.5 Å². The molecule has 2 aliphatic carbocycles. The number of aryl methyl sites for hydroxylation is 1. The number of aromatic amines is 1. The average molecular weight is 447 g/mol. The molecular formula is C26H34N6O. The van der Waals surface area contributed by atoms with Gasteiger partial charge in [0.25, 0.3) is 0 Å². The summed E-state index contributed by atoms with van der Waals surface area (Å²) >= 11 is 0. The summed E-state index contributed by atoms with van der Waals surface area (Å²) in [7, 11) is 4.12. The molecule has 5 rings (SSSR count). The van der Waals surface area contributed by atoms with Crippen LogP contribution in [0.1, 0.15) is 55.3 Å². The average Bonchev–Trinajstić information content (AvgIpc) is 3.22. The van der Waals surface area contributed by atoms with E-state index < -0.39 is 0 Å². The minimum Gasteiger partial charge on any atom is -0.362 e. The van der Waals surface area contributed by atoms with Crippen LogP contribution in [0.25, 0.3) is 10.9 Å². The molecule has 0 aliphatic heterocycles. The standard InChI is InChI=1S/C26H34N6O/c1-32(2)25-21-8-4-6-10-23(21)30-26(31-25)29-19-13-11-18(12-14-19)28-24(33)15-17-16-27-22-9-5-3-7-20(17)22/h3,5,7,9,16,18-19,27H,4,6,8,10-15H2,1-2H3,(H,28,33)(H,29,30,31)/t18-,19+. The number of nitrogens with one attached hydrogen (secondary N) is 3. The summed E-state index contributed by atoms with van der Waals surface area (Å²) in [5, 5.41) is 7.97. The molecule has 7 nitrogen and oxygen atoms in total. The Morgan fingerprint density at radius 2 is 1.82 bits per heavy atom. The quantitative estimate of drug-likeness (QED) is 0.533. The van der Waals surface area contributed by atoms with Gasteiger partial charge in [0.05, 0.1) is 12.1 Å². The second-order valence-corrected chi connectivity index (χ2v) is 9.69. The lowest BCUT2D eigenvalue weighted by Gasteiger charge is -2.30. The monoisotopic (exact) mass is 446 g/mol. The molecule has 0 bridgehead atoms. The third-order valence-electron chi connectivity index (χ3n) is 7.04. The van der Waals surface area contributed by atoms with Gasteiger partial charge in [-0.1, -0.05) is 18.2 Å². The van der Waals surface area contributed by atoms with Crippen LogP contribution in [-0.4, -0.2) is 47.0 Å². The van der Waals surface area contributed by atoms with E-state index in [0.717, 1.165) is 66.8 Å². The highest BCUT2D eigenvalue weighted by Gasteiger charge is 2.25. The van der Waals surface area contributed by atoms with Crippen molar-refractivity contribution in [3.63, 3.8) is 0 Å². The van der Waals surface area contributed by atoms with Crippen LogP contribution >= 0.6 is 0 Å². The van der Waals surface area contributed by atoms with Crippen LogP contribution < -0.4 is 15.5 Å². The molecule has 33 heavy (non-hydrogen) atoms. The van der Waals surface area contributed by atoms with Crippen LogP contribution in [0, 0.1) is 0 Å². The van der Waals surface area contributed by atoms with Gasteiger partial charge in [-0.3, -0.25) is 4.79 Å². The summed E-state index contributed by atoms with van der Waals surface area (Å²) in [5.74, 6) is 1.91. The topological polar surface area (TPSA) is 85.9 Å². The van der Waals surface area contributed by atoms with Gasteiger partial charge in [-0.05, 0) is 63.0 Å². The zero-order valence-electron chi connectivity index (χ0n) is 19.7. The summed E-state index contributed by atoms with van der Waals surface area (Å²) in [6.45, 7) is 0. The van der Waals surface area contributed by atoms with E-state index >= 15 is 0 Å². The first-order valence-corrected chi connectivity index (χ1v) is 12.2. The van der Waals surface area contributed by atoms with Gasteiger partial charge in [-0.25, -0.2) is 4.98 Å². The van der Waals surface area contributed by atoms with E-state index in [-0.39, 0.29) is 11.9 Å². The molecule has 2 aromatic heterocycles. The highest BCUT2D eigenvalue weighted by Crippen LogP contribution is 2.29. The molecule has 2 aliphatic rings. The molecule has 2 heterocycles. The van der Waals surface area contributed by atoms with Gasteiger partial charge in [0.1, 0.15) is 5.82 Å². The number of benzene rings is 1. The van der Waals surface area contributed by atoms with Gasteiger partial charge in [-0.15, -0.1) is 0 Å². The maximum Gasteiger partial charge on any atom is 0.225 e. The summed E-state index contributed by atoms with van der Waals surface area (Å²) in [5.41, 5.74) is 4.66. The first-order chi connectivity index (χ1) is 16.1. The van der Waals surface area contributed by atoms with Crippen molar-refractivity contribution in [3.8, 4) is 0 Å². The van der Waals surface area contributed by atoms with E-state index in [1.807, 2.05) is 24.4 Å². The first-order valence-electron chi connectivity index (χ1n) is 12.2. The van der Waals surface area contributed by atoms with Crippen molar-refractivity contribution in [3.05, 3.63) is 47.3 Å². The number of hydrogen-bond donors (Lipinski definition) is 3. The number of anilines is 2. The second kappa shape index (κ2) is 9.41. The highest BCUT2D eigenvalue weighted by molar-refractivity contribution is 5.88. The smallest absolute Gasteiger partial charge is 0.225 e. The molecule has 0 atom stereocenters. The Bertz CT molecular complexity index is 1130. The van der Waals surface area contributed by atoms with Gasteiger partial charge in [0, 0.05) is 48.8 Å². The lowest BCUT2D eigenvalue weighted by molar-refractivity contribution is -0.121. The summed E-state index contributed by atoms with van der Waals surface area (Å²) in [6.07, 6.45) is 10.9. The van der Waals surface area contributed by atoms with Crippen molar-refractivity contribution in [2.45, 2.75) is 69.9 Å². The molecule has 3 N–H and O–H groups in total. The van der Waals surface area contributed by atoms with Gasteiger partial charge in [0.15, 0.2) is 0 Å². The molecule has 0 unspecified atom stereocenters. The summed E-state index contributed by atoms with van der Waals surface area (Å²) in [6, 6.07) is 8.71. The minimum atomic E-state index is 0.102. The zero-order valence-corrected chi connectivity index (χ0v) is 19.7. The number of nitrogens with zero attached hydrogens (tertiary/aromatic N) is 3. The third-order valence-corrected chi connectivity index (χ3v) is 7.04. The van der Waals surface area contributed by atoms with Crippen molar-refractivity contribution in [2.24, 2.45) is 0 Å². The number of H-pyrrole nitrogens is 1. The lowest BCUT2D eigenvalue weighted by Crippen LogP contribution is -2.41. The molecule has 1 fully saturated rings. The highest BCUT2D eigenvalue weighted by atomic mass is 16.1. The Labute approximate surface area is 195 Å². The lowest BCUT2D eigenvalue weighted by atomic mass is 9.91. The maximum absolute atomic E-state index is 12.7. The number of carbonyl (C=O) groups excluding carboxylic acids is 1. The number of hydrogen-bond acceptors (Lipinski definition) is 5. The fraction of sp³-hybridized carbons (Fsp3) is 0.500. The maximum atomic E-state index is 12.7. The van der Waals surface area contributed by atoms with Crippen LogP contribution in [0.3, 0.4) is 0 Å². The fourth-order valence-electron chi connectivity index (χ4n) is 5.30. The van der Waals surface area contributed by atoms with E-state index in [1.54, 1.807) is 0 Å². The Morgan fingerprint density at radius 1 is 1.06 bits per heavy atom. The van der Waals surface area contributed by atoms with E-state index in [4.69, 9.17) is 9.97 Å². The second-order valence-electron chi connectivity index (χ2n) is 9.69. The Balaban J connectivity index is 1.15. The molecule has 0 spiro atoms. The van der Waals surface area contributed by atoms with Crippen LogP contribution in [0.5, 0.6) is 0 Å². The van der Waals surface area contributed by atoms with Crippen LogP contribution in [-0.2, 0) is 24.1 Å². The normalized spacial score (nSPS) is 20.3. The molecule has 0 radical (unpaired) electrons. The zero-order chi connectivity index (χ0) is 22.8. The number of carbonyl (C=O) groups is 1. The first kappa shape index (κ1) is 21.7. The molecular weight excluding hydrogens is 412 g/mol. The van der Waals surface area contributed by atoms with Crippen LogP contribution in [0.15, 0.2) is 30.5 Å². The van der Waals surface area contributed by atoms with Crippen molar-refractivity contribution >= 4 is 28.6 Å². The van der Waals surface area contributed by atoms with Gasteiger partial charge in [0.2, 0.25) is 11.9 Å². The Kier molecular flexibility index (Phi) is 6.20. The van der Waals surface area contributed by atoms with Gasteiger partial charge in [-0.2, -0.15) is 4.98 Å². The molecule has 3 aromatic rings. The largest absolute Gasteiger partial charge is 0.362 e. The molecule has 7 heteroatoms. The van der Waals surface area contributed by atoms with Crippen LogP contribution in [0.4, 0.5) is 11.8 Å². The minimum absolute atomic E-state index is 0.102. The van der Waals surface area contributed by atoms with E-state index in [1.165, 1.54) is 24.1 Å². The van der Waals surface area contributed by atoms with Crippen molar-refractivity contribution in [1.29, 1.82) is 0 Å². The predicted molar refractivity (Wildman–Crippen MR) is 133 cm³/mol. The fourth-order valence-corrected chi connectivity index (χ4v) is 5.30. The summed E-state index contributed by atoms with van der Waals surface area (Å²) in [4.78, 5) is 27.7. The van der Waals surface area contributed by atoms with E-state index in [0.29, 0.717) is 12.5 Å². The van der Waals surface area contributed by atoms with Crippen molar-refractivity contribution in [1.82, 2.24) is 20.3 Å². The molecule has 174 valence electrons. The molecule has 1 amide bonds.